The number of carbonyl (C=O) groups is 2. The molecule has 0 aliphatic carbocycles. The molecule has 0 saturated heterocycles. The van der Waals surface area contributed by atoms with Crippen molar-refractivity contribution in [3.8, 4) is 0 Å². The van der Waals surface area contributed by atoms with Gasteiger partial charge in [-0.1, -0.05) is 0 Å². The van der Waals surface area contributed by atoms with E-state index in [0.29, 0.717) is 10.0 Å². The van der Waals surface area contributed by atoms with Gasteiger partial charge in [-0.3, -0.25) is 15.1 Å². The number of benzene rings is 1. The van der Waals surface area contributed by atoms with Gasteiger partial charge in [-0.2, -0.15) is 0 Å². The van der Waals surface area contributed by atoms with E-state index in [1.807, 2.05) is 0 Å². The molecule has 1 unspecified atom stereocenters. The van der Waals surface area contributed by atoms with Crippen molar-refractivity contribution in [2.75, 3.05) is 18.4 Å². The fourth-order valence-electron chi connectivity index (χ4n) is 3.49. The zero-order valence-corrected chi connectivity index (χ0v) is 21.1. The zero-order valence-electron chi connectivity index (χ0n) is 19.5. The summed E-state index contributed by atoms with van der Waals surface area (Å²) >= 11 is 3.27. The SMILES string of the molecule is Cc1cc(Br)cnc1C(=O)Nc1ccc(F)c(C2(C(F)F)CNCC(NC(=O)OC(C)(C)C)=N2)c1. The van der Waals surface area contributed by atoms with Gasteiger partial charge in [0.15, 0.2) is 5.54 Å². The molecule has 35 heavy (non-hydrogen) atoms. The number of ether oxygens (including phenoxy) is 1. The summed E-state index contributed by atoms with van der Waals surface area (Å²) in [5.74, 6) is -1.66. The molecule has 0 fully saturated rings. The lowest BCUT2D eigenvalue weighted by Crippen LogP contribution is -2.53. The van der Waals surface area contributed by atoms with Crippen LogP contribution in [0.25, 0.3) is 0 Å². The van der Waals surface area contributed by atoms with Crippen LogP contribution in [-0.4, -0.2) is 47.9 Å². The summed E-state index contributed by atoms with van der Waals surface area (Å²) in [4.78, 5) is 32.9. The molecular formula is C23H25BrF3N5O3. The first-order valence-corrected chi connectivity index (χ1v) is 11.4. The Morgan fingerprint density at radius 2 is 1.94 bits per heavy atom. The van der Waals surface area contributed by atoms with E-state index in [-0.39, 0.29) is 23.8 Å². The number of aliphatic imine (C=N–C) groups is 1. The van der Waals surface area contributed by atoms with Gasteiger partial charge >= 0.3 is 6.09 Å². The number of halogens is 4. The Balaban J connectivity index is 1.94. The largest absolute Gasteiger partial charge is 0.444 e. The lowest BCUT2D eigenvalue weighted by Gasteiger charge is -2.35. The standard InChI is InChI=1S/C23H25BrF3N5O3/c1-12-7-13(24)9-29-18(12)19(33)30-14-5-6-16(25)15(8-14)23(20(26)27)11-28-10-17(32-23)31-21(34)35-22(2,3)4/h5-9,20,28H,10-11H2,1-4H3,(H,30,33)(H,31,32,34). The zero-order chi connectivity index (χ0) is 26.0. The number of amidine groups is 1. The first-order valence-electron chi connectivity index (χ1n) is 10.6. The summed E-state index contributed by atoms with van der Waals surface area (Å²) < 4.78 is 49.5. The second-order valence-electron chi connectivity index (χ2n) is 8.98. The van der Waals surface area contributed by atoms with E-state index >= 15 is 0 Å². The van der Waals surface area contributed by atoms with Crippen LogP contribution < -0.4 is 16.0 Å². The molecule has 12 heteroatoms. The third-order valence-corrected chi connectivity index (χ3v) is 5.41. The average molecular weight is 556 g/mol. The first-order chi connectivity index (χ1) is 16.3. The van der Waals surface area contributed by atoms with E-state index < -0.39 is 47.5 Å². The molecule has 1 aliphatic heterocycles. The second kappa shape index (κ2) is 10.3. The number of aromatic nitrogens is 1. The maximum absolute atomic E-state index is 14.9. The van der Waals surface area contributed by atoms with Gasteiger partial charge in [-0.05, 0) is 73.5 Å². The van der Waals surface area contributed by atoms with Crippen molar-refractivity contribution in [2.45, 2.75) is 45.3 Å². The molecule has 0 radical (unpaired) electrons. The first kappa shape index (κ1) is 26.6. The number of aryl methyl sites for hydroxylation is 1. The van der Waals surface area contributed by atoms with Gasteiger partial charge in [0.05, 0.1) is 6.54 Å². The molecule has 0 spiro atoms. The molecule has 3 N–H and O–H groups in total. The van der Waals surface area contributed by atoms with Crippen LogP contribution in [0, 0.1) is 12.7 Å². The number of carbonyl (C=O) groups excluding carboxylic acids is 2. The summed E-state index contributed by atoms with van der Waals surface area (Å²) in [6, 6.07) is 5.03. The Morgan fingerprint density at radius 1 is 1.23 bits per heavy atom. The minimum atomic E-state index is -3.14. The molecule has 3 rings (SSSR count). The third kappa shape index (κ3) is 6.37. The van der Waals surface area contributed by atoms with Crippen molar-refractivity contribution in [2.24, 2.45) is 4.99 Å². The van der Waals surface area contributed by atoms with Gasteiger partial charge in [0, 0.05) is 28.5 Å². The molecule has 2 heterocycles. The number of hydrogen-bond acceptors (Lipinski definition) is 6. The van der Waals surface area contributed by atoms with E-state index in [9.17, 15) is 22.8 Å². The number of anilines is 1. The Morgan fingerprint density at radius 3 is 2.57 bits per heavy atom. The summed E-state index contributed by atoms with van der Waals surface area (Å²) in [5.41, 5.74) is -2.81. The molecule has 2 aromatic rings. The Bertz CT molecular complexity index is 1170. The van der Waals surface area contributed by atoms with Crippen LogP contribution in [0.15, 0.2) is 39.9 Å². The fourth-order valence-corrected chi connectivity index (χ4v) is 3.93. The van der Waals surface area contributed by atoms with Gasteiger partial charge in [0.1, 0.15) is 22.9 Å². The molecule has 0 bridgehead atoms. The molecule has 1 aliphatic rings. The number of nitrogens with one attached hydrogen (secondary N) is 3. The van der Waals surface area contributed by atoms with E-state index in [1.54, 1.807) is 33.8 Å². The highest BCUT2D eigenvalue weighted by Crippen LogP contribution is 2.37. The lowest BCUT2D eigenvalue weighted by atomic mass is 9.88. The van der Waals surface area contributed by atoms with E-state index in [2.05, 4.69) is 41.9 Å². The Hall–Kier alpha value is -2.99. The van der Waals surface area contributed by atoms with E-state index in [0.717, 1.165) is 12.1 Å². The number of alkyl carbamates (subject to hydrolysis) is 1. The summed E-state index contributed by atoms with van der Waals surface area (Å²) in [7, 11) is 0. The molecule has 1 aromatic heterocycles. The topological polar surface area (TPSA) is 105 Å². The highest BCUT2D eigenvalue weighted by molar-refractivity contribution is 9.10. The highest BCUT2D eigenvalue weighted by Gasteiger charge is 2.46. The normalized spacial score (nSPS) is 18.1. The van der Waals surface area contributed by atoms with Crippen molar-refractivity contribution in [1.29, 1.82) is 0 Å². The number of pyridine rings is 1. The number of amides is 2. The van der Waals surface area contributed by atoms with E-state index in [4.69, 9.17) is 4.74 Å². The number of nitrogens with zero attached hydrogens (tertiary/aromatic N) is 2. The molecule has 0 saturated carbocycles. The molecule has 1 atom stereocenters. The van der Waals surface area contributed by atoms with Crippen LogP contribution in [0.1, 0.15) is 42.4 Å². The van der Waals surface area contributed by atoms with Gasteiger partial charge in [-0.15, -0.1) is 0 Å². The molecule has 8 nitrogen and oxygen atoms in total. The second-order valence-corrected chi connectivity index (χ2v) is 9.90. The molecule has 188 valence electrons. The van der Waals surface area contributed by atoms with Crippen molar-refractivity contribution < 1.29 is 27.5 Å². The average Bonchev–Trinajstić information content (AvgIpc) is 2.73. The summed E-state index contributed by atoms with van der Waals surface area (Å²) in [6.45, 7) is 6.22. The predicted molar refractivity (Wildman–Crippen MR) is 128 cm³/mol. The van der Waals surface area contributed by atoms with Crippen molar-refractivity contribution >= 4 is 39.5 Å². The Labute approximate surface area is 208 Å². The molecule has 2 amide bonds. The van der Waals surface area contributed by atoms with Gasteiger partial charge in [0.25, 0.3) is 12.3 Å². The fraction of sp³-hybridized carbons (Fsp3) is 0.391. The van der Waals surface area contributed by atoms with Crippen molar-refractivity contribution in [1.82, 2.24) is 15.6 Å². The monoisotopic (exact) mass is 555 g/mol. The third-order valence-electron chi connectivity index (χ3n) is 4.98. The van der Waals surface area contributed by atoms with Gasteiger partial charge < -0.3 is 15.4 Å². The number of rotatable bonds is 4. The maximum Gasteiger partial charge on any atom is 0.413 e. The van der Waals surface area contributed by atoms with Gasteiger partial charge in [0.2, 0.25) is 0 Å². The Kier molecular flexibility index (Phi) is 7.85. The maximum atomic E-state index is 14.9. The minimum Gasteiger partial charge on any atom is -0.444 e. The molecule has 1 aromatic carbocycles. The smallest absolute Gasteiger partial charge is 0.413 e. The minimum absolute atomic E-state index is 0.0275. The highest BCUT2D eigenvalue weighted by atomic mass is 79.9. The molecular weight excluding hydrogens is 531 g/mol. The van der Waals surface area contributed by atoms with E-state index in [1.165, 1.54) is 12.3 Å². The summed E-state index contributed by atoms with van der Waals surface area (Å²) in [6.07, 6.45) is -2.56. The quantitative estimate of drug-likeness (QED) is 0.514. The van der Waals surface area contributed by atoms with Crippen LogP contribution in [0.2, 0.25) is 0 Å². The van der Waals surface area contributed by atoms with Gasteiger partial charge in [-0.25, -0.2) is 22.9 Å². The number of alkyl halides is 2. The lowest BCUT2D eigenvalue weighted by molar-refractivity contribution is 0.0466. The summed E-state index contributed by atoms with van der Waals surface area (Å²) in [5, 5.41) is 7.66. The van der Waals surface area contributed by atoms with Crippen LogP contribution in [-0.2, 0) is 10.3 Å². The van der Waals surface area contributed by atoms with Crippen LogP contribution in [0.5, 0.6) is 0 Å². The van der Waals surface area contributed by atoms with Crippen LogP contribution in [0.4, 0.5) is 23.7 Å². The number of hydrogen-bond donors (Lipinski definition) is 3. The van der Waals surface area contributed by atoms with Crippen molar-refractivity contribution in [3.05, 3.63) is 57.6 Å². The van der Waals surface area contributed by atoms with Crippen LogP contribution >= 0.6 is 15.9 Å². The van der Waals surface area contributed by atoms with Crippen LogP contribution in [0.3, 0.4) is 0 Å². The predicted octanol–water partition coefficient (Wildman–Crippen LogP) is 4.53. The van der Waals surface area contributed by atoms with Crippen molar-refractivity contribution in [3.63, 3.8) is 0 Å².